The third-order valence-electron chi connectivity index (χ3n) is 2.73. The molecule has 1 N–H and O–H groups in total. The largest absolute Gasteiger partial charge is 0.478 e. The van der Waals surface area contributed by atoms with E-state index in [1.165, 1.54) is 0 Å². The lowest BCUT2D eigenvalue weighted by molar-refractivity contribution is 0.0699. The summed E-state index contributed by atoms with van der Waals surface area (Å²) in [6.07, 6.45) is 3.59. The number of nitrogens with zero attached hydrogens (tertiary/aromatic N) is 3. The van der Waals surface area contributed by atoms with Crippen molar-refractivity contribution in [2.75, 3.05) is 0 Å². The first-order valence-electron chi connectivity index (χ1n) is 5.49. The smallest absolute Gasteiger partial charge is 0.336 e. The summed E-state index contributed by atoms with van der Waals surface area (Å²) in [5.74, 6) is -0.285. The minimum atomic E-state index is -0.950. The third-order valence-corrected chi connectivity index (χ3v) is 3.29. The predicted octanol–water partition coefficient (Wildman–Crippen LogP) is 2.72. The molecule has 2 heterocycles. The van der Waals surface area contributed by atoms with Gasteiger partial charge in [-0.3, -0.25) is 0 Å². The Labute approximate surface area is 122 Å². The van der Waals surface area contributed by atoms with Crippen LogP contribution in [0.5, 0.6) is 0 Å². The van der Waals surface area contributed by atoms with Gasteiger partial charge in [-0.1, -0.05) is 6.07 Å². The fourth-order valence-electron chi connectivity index (χ4n) is 1.88. The number of rotatable bonds is 2. The topological polar surface area (TPSA) is 68.0 Å². The molecule has 2 aromatic heterocycles. The van der Waals surface area contributed by atoms with Crippen molar-refractivity contribution in [3.05, 3.63) is 51.9 Å². The van der Waals surface area contributed by atoms with Crippen LogP contribution >= 0.6 is 22.6 Å². The summed E-state index contributed by atoms with van der Waals surface area (Å²) in [7, 11) is 0. The van der Waals surface area contributed by atoms with Gasteiger partial charge in [0.25, 0.3) is 0 Å². The first-order valence-corrected chi connectivity index (χ1v) is 6.56. The van der Waals surface area contributed by atoms with E-state index in [0.29, 0.717) is 16.7 Å². The molecule has 0 aliphatic carbocycles. The highest BCUT2D eigenvalue weighted by atomic mass is 127. The van der Waals surface area contributed by atoms with Crippen LogP contribution in [0.1, 0.15) is 10.4 Å². The fourth-order valence-corrected chi connectivity index (χ4v) is 2.27. The van der Waals surface area contributed by atoms with E-state index in [0.717, 1.165) is 3.57 Å². The van der Waals surface area contributed by atoms with E-state index < -0.39 is 5.97 Å². The van der Waals surface area contributed by atoms with Crippen molar-refractivity contribution in [1.82, 2.24) is 14.8 Å². The Morgan fingerprint density at radius 2 is 2.11 bits per heavy atom. The zero-order valence-electron chi connectivity index (χ0n) is 9.62. The second-order valence-corrected chi connectivity index (χ2v) is 5.20. The van der Waals surface area contributed by atoms with Gasteiger partial charge < -0.3 is 5.11 Å². The molecule has 94 valence electrons. The summed E-state index contributed by atoms with van der Waals surface area (Å²) < 4.78 is 2.67. The number of aromatic carboxylic acids is 1. The lowest BCUT2D eigenvalue weighted by Crippen LogP contribution is -2.01. The van der Waals surface area contributed by atoms with Crippen LogP contribution in [0.15, 0.2) is 42.7 Å². The molecule has 0 fully saturated rings. The highest BCUT2D eigenvalue weighted by Crippen LogP contribution is 2.19. The first-order chi connectivity index (χ1) is 9.15. The summed E-state index contributed by atoms with van der Waals surface area (Å²) >= 11 is 2.17. The summed E-state index contributed by atoms with van der Waals surface area (Å²) in [5, 5.41) is 13.9. The number of hydrogen-bond donors (Lipinski definition) is 1. The Morgan fingerprint density at radius 1 is 1.26 bits per heavy atom. The van der Waals surface area contributed by atoms with Crippen LogP contribution < -0.4 is 0 Å². The summed E-state index contributed by atoms with van der Waals surface area (Å²) in [4.78, 5) is 15.6. The average Bonchev–Trinajstić information content (AvgIpc) is 2.84. The van der Waals surface area contributed by atoms with Crippen LogP contribution in [0.2, 0.25) is 0 Å². The number of halogens is 1. The molecular weight excluding hydrogens is 357 g/mol. The minimum absolute atomic E-state index is 0.256. The molecule has 0 spiro atoms. The van der Waals surface area contributed by atoms with Gasteiger partial charge >= 0.3 is 5.97 Å². The number of pyridine rings is 1. The molecule has 0 aliphatic rings. The number of benzene rings is 1. The molecule has 5 nitrogen and oxygen atoms in total. The van der Waals surface area contributed by atoms with Gasteiger partial charge in [-0.2, -0.15) is 5.10 Å². The van der Waals surface area contributed by atoms with Crippen molar-refractivity contribution in [1.29, 1.82) is 0 Å². The van der Waals surface area contributed by atoms with Gasteiger partial charge in [0.1, 0.15) is 0 Å². The molecule has 0 radical (unpaired) electrons. The van der Waals surface area contributed by atoms with Gasteiger partial charge in [-0.25, -0.2) is 14.5 Å². The molecule has 0 aliphatic heterocycles. The van der Waals surface area contributed by atoms with E-state index in [2.05, 4.69) is 32.7 Å². The molecule has 19 heavy (non-hydrogen) atoms. The normalized spacial score (nSPS) is 10.8. The molecule has 0 saturated carbocycles. The molecule has 3 aromatic rings. The predicted molar refractivity (Wildman–Crippen MR) is 78.5 cm³/mol. The second kappa shape index (κ2) is 4.61. The van der Waals surface area contributed by atoms with Crippen molar-refractivity contribution in [3.8, 4) is 5.82 Å². The number of hydrogen-bond acceptors (Lipinski definition) is 3. The average molecular weight is 365 g/mol. The lowest BCUT2D eigenvalue weighted by atomic mass is 10.1. The maximum absolute atomic E-state index is 11.1. The number of carboxylic acid groups (broad SMARTS) is 1. The first kappa shape index (κ1) is 12.1. The number of fused-ring (bicyclic) bond motifs is 1. The van der Waals surface area contributed by atoms with Crippen LogP contribution in [0.25, 0.3) is 16.7 Å². The number of carboxylic acids is 1. The van der Waals surface area contributed by atoms with E-state index in [9.17, 15) is 4.79 Å². The molecule has 1 aromatic carbocycles. The number of carbonyl (C=O) groups is 1. The Morgan fingerprint density at radius 3 is 2.79 bits per heavy atom. The van der Waals surface area contributed by atoms with E-state index in [1.54, 1.807) is 41.2 Å². The van der Waals surface area contributed by atoms with Crippen molar-refractivity contribution in [2.45, 2.75) is 0 Å². The lowest BCUT2D eigenvalue weighted by Gasteiger charge is -2.05. The Kier molecular flexibility index (Phi) is 2.94. The highest BCUT2D eigenvalue weighted by Gasteiger charge is 2.09. The van der Waals surface area contributed by atoms with Gasteiger partial charge in [0.15, 0.2) is 5.82 Å². The van der Waals surface area contributed by atoms with Gasteiger partial charge in [-0.15, -0.1) is 0 Å². The molecule has 0 unspecified atom stereocenters. The molecule has 0 amide bonds. The SMILES string of the molecule is O=C(O)c1cccc2nc(-n3cc(I)cn3)ccc12. The zero-order valence-corrected chi connectivity index (χ0v) is 11.8. The van der Waals surface area contributed by atoms with Crippen molar-refractivity contribution in [3.63, 3.8) is 0 Å². The van der Waals surface area contributed by atoms with Gasteiger partial charge in [0.05, 0.1) is 20.8 Å². The quantitative estimate of drug-likeness (QED) is 0.710. The summed E-state index contributed by atoms with van der Waals surface area (Å²) in [6.45, 7) is 0. The van der Waals surface area contributed by atoms with Crippen LogP contribution in [-0.4, -0.2) is 25.8 Å². The van der Waals surface area contributed by atoms with E-state index in [1.807, 2.05) is 6.20 Å². The second-order valence-electron chi connectivity index (χ2n) is 3.95. The standard InChI is InChI=1S/C13H8IN3O2/c14-8-6-15-17(7-8)12-5-4-9-10(13(18)19)2-1-3-11(9)16-12/h1-7H,(H,18,19). The maximum Gasteiger partial charge on any atom is 0.336 e. The Hall–Kier alpha value is -1.96. The third kappa shape index (κ3) is 2.19. The fraction of sp³-hybridized carbons (Fsp3) is 0. The molecule has 3 rings (SSSR count). The van der Waals surface area contributed by atoms with E-state index in [-0.39, 0.29) is 5.56 Å². The van der Waals surface area contributed by atoms with E-state index in [4.69, 9.17) is 5.11 Å². The van der Waals surface area contributed by atoms with E-state index >= 15 is 0 Å². The monoisotopic (exact) mass is 365 g/mol. The molecular formula is C13H8IN3O2. The summed E-state index contributed by atoms with van der Waals surface area (Å²) in [6, 6.07) is 8.57. The summed E-state index contributed by atoms with van der Waals surface area (Å²) in [5.41, 5.74) is 0.898. The van der Waals surface area contributed by atoms with Crippen molar-refractivity contribution < 1.29 is 9.90 Å². The van der Waals surface area contributed by atoms with Gasteiger partial charge in [-0.05, 0) is 46.9 Å². The molecule has 0 atom stereocenters. The zero-order chi connectivity index (χ0) is 13.4. The maximum atomic E-state index is 11.1. The highest BCUT2D eigenvalue weighted by molar-refractivity contribution is 14.1. The Bertz CT molecular complexity index is 782. The molecule has 6 heteroatoms. The van der Waals surface area contributed by atoms with Gasteiger partial charge in [0, 0.05) is 11.6 Å². The van der Waals surface area contributed by atoms with Crippen LogP contribution in [-0.2, 0) is 0 Å². The molecule has 0 bridgehead atoms. The number of aromatic nitrogens is 3. The van der Waals surface area contributed by atoms with Gasteiger partial charge in [0.2, 0.25) is 0 Å². The Balaban J connectivity index is 2.19. The van der Waals surface area contributed by atoms with Crippen LogP contribution in [0.4, 0.5) is 0 Å². The minimum Gasteiger partial charge on any atom is -0.478 e. The van der Waals surface area contributed by atoms with Crippen LogP contribution in [0, 0.1) is 3.57 Å². The van der Waals surface area contributed by atoms with Crippen molar-refractivity contribution >= 4 is 39.5 Å². The van der Waals surface area contributed by atoms with Crippen molar-refractivity contribution in [2.24, 2.45) is 0 Å². The molecule has 0 saturated heterocycles. The van der Waals surface area contributed by atoms with Crippen LogP contribution in [0.3, 0.4) is 0 Å².